The Balaban J connectivity index is 2.45. The number of aryl methyl sites for hydroxylation is 1. The molecule has 0 saturated heterocycles. The van der Waals surface area contributed by atoms with Crippen LogP contribution in [0.25, 0.3) is 11.1 Å². The van der Waals surface area contributed by atoms with Gasteiger partial charge in [0.25, 0.3) is 0 Å². The first-order chi connectivity index (χ1) is 7.72. The van der Waals surface area contributed by atoms with Crippen molar-refractivity contribution in [3.63, 3.8) is 0 Å². The normalized spacial score (nSPS) is 10.4. The van der Waals surface area contributed by atoms with Gasteiger partial charge in [0.15, 0.2) is 5.82 Å². The molecule has 0 fully saturated rings. The van der Waals surface area contributed by atoms with E-state index in [4.69, 9.17) is 0 Å². The van der Waals surface area contributed by atoms with Gasteiger partial charge in [-0.15, -0.1) is 0 Å². The molecule has 0 aliphatic heterocycles. The van der Waals surface area contributed by atoms with E-state index in [1.807, 2.05) is 13.8 Å². The van der Waals surface area contributed by atoms with Crippen molar-refractivity contribution in [3.05, 3.63) is 35.8 Å². The topological polar surface area (TPSA) is 40.7 Å². The van der Waals surface area contributed by atoms with Crippen LogP contribution in [0.15, 0.2) is 24.3 Å². The summed E-state index contributed by atoms with van der Waals surface area (Å²) in [7, 11) is 0. The Bertz CT molecular complexity index is 474. The summed E-state index contributed by atoms with van der Waals surface area (Å²) in [5, 5.41) is 10.3. The second-order valence-electron chi connectivity index (χ2n) is 3.61. The van der Waals surface area contributed by atoms with E-state index < -0.39 is 0 Å². The molecule has 3 nitrogen and oxygen atoms in total. The van der Waals surface area contributed by atoms with Crippen molar-refractivity contribution in [2.75, 3.05) is 11.9 Å². The van der Waals surface area contributed by atoms with Gasteiger partial charge in [-0.05, 0) is 31.5 Å². The number of aromatic nitrogens is 2. The van der Waals surface area contributed by atoms with Crippen molar-refractivity contribution in [3.8, 4) is 11.1 Å². The Labute approximate surface area is 93.7 Å². The number of benzene rings is 1. The zero-order chi connectivity index (χ0) is 11.5. The van der Waals surface area contributed by atoms with Gasteiger partial charge >= 0.3 is 0 Å². The largest absolute Gasteiger partial charge is 0.368 e. The van der Waals surface area contributed by atoms with Gasteiger partial charge in [-0.1, -0.05) is 12.1 Å². The molecular formula is C12H14FN3. The third-order valence-electron chi connectivity index (χ3n) is 2.42. The highest BCUT2D eigenvalue weighted by Gasteiger charge is 2.11. The van der Waals surface area contributed by atoms with E-state index in [2.05, 4.69) is 15.5 Å². The average Bonchev–Trinajstić information content (AvgIpc) is 2.62. The lowest BCUT2D eigenvalue weighted by atomic mass is 10.1. The summed E-state index contributed by atoms with van der Waals surface area (Å²) in [4.78, 5) is 0. The van der Waals surface area contributed by atoms with Gasteiger partial charge in [-0.3, -0.25) is 5.10 Å². The van der Waals surface area contributed by atoms with Crippen LogP contribution in [0.1, 0.15) is 12.6 Å². The van der Waals surface area contributed by atoms with Crippen LogP contribution in [0.3, 0.4) is 0 Å². The van der Waals surface area contributed by atoms with E-state index in [9.17, 15) is 4.39 Å². The Hall–Kier alpha value is -1.84. The minimum absolute atomic E-state index is 0.227. The Morgan fingerprint density at radius 2 is 2.00 bits per heavy atom. The molecule has 2 rings (SSSR count). The van der Waals surface area contributed by atoms with Crippen molar-refractivity contribution in [2.24, 2.45) is 0 Å². The fraction of sp³-hybridized carbons (Fsp3) is 0.250. The first-order valence-corrected chi connectivity index (χ1v) is 5.27. The van der Waals surface area contributed by atoms with E-state index in [1.54, 1.807) is 12.1 Å². The van der Waals surface area contributed by atoms with Gasteiger partial charge in [0.1, 0.15) is 5.82 Å². The first-order valence-electron chi connectivity index (χ1n) is 5.27. The number of nitrogens with zero attached hydrogens (tertiary/aromatic N) is 1. The van der Waals surface area contributed by atoms with E-state index in [0.29, 0.717) is 0 Å². The second-order valence-corrected chi connectivity index (χ2v) is 3.61. The molecule has 1 aromatic carbocycles. The van der Waals surface area contributed by atoms with Gasteiger partial charge < -0.3 is 5.32 Å². The molecule has 16 heavy (non-hydrogen) atoms. The van der Waals surface area contributed by atoms with Gasteiger partial charge in [0, 0.05) is 17.8 Å². The van der Waals surface area contributed by atoms with Gasteiger partial charge in [0.05, 0.1) is 0 Å². The standard InChI is InChI=1S/C12H14FN3/c1-3-14-12-11(8(2)15-16-12)9-4-6-10(13)7-5-9/h4-7H,3H2,1-2H3,(H2,14,15,16). The van der Waals surface area contributed by atoms with Crippen molar-refractivity contribution in [2.45, 2.75) is 13.8 Å². The van der Waals surface area contributed by atoms with Crippen LogP contribution in [0.5, 0.6) is 0 Å². The lowest BCUT2D eigenvalue weighted by Gasteiger charge is -2.04. The molecule has 1 heterocycles. The van der Waals surface area contributed by atoms with E-state index in [1.165, 1.54) is 12.1 Å². The molecule has 0 aliphatic carbocycles. The molecule has 0 saturated carbocycles. The Morgan fingerprint density at radius 1 is 1.31 bits per heavy atom. The highest BCUT2D eigenvalue weighted by Crippen LogP contribution is 2.29. The molecule has 0 aliphatic rings. The molecule has 0 radical (unpaired) electrons. The molecule has 2 N–H and O–H groups in total. The third-order valence-corrected chi connectivity index (χ3v) is 2.42. The quantitative estimate of drug-likeness (QED) is 0.833. The van der Waals surface area contributed by atoms with Gasteiger partial charge in [-0.25, -0.2) is 4.39 Å². The predicted octanol–water partition coefficient (Wildman–Crippen LogP) is 2.96. The lowest BCUT2D eigenvalue weighted by molar-refractivity contribution is 0.628. The molecule has 4 heteroatoms. The number of rotatable bonds is 3. The molecule has 84 valence electrons. The average molecular weight is 219 g/mol. The summed E-state index contributed by atoms with van der Waals surface area (Å²) in [5.74, 6) is 0.585. The summed E-state index contributed by atoms with van der Waals surface area (Å²) >= 11 is 0. The van der Waals surface area contributed by atoms with Crippen LogP contribution in [0.4, 0.5) is 10.2 Å². The summed E-state index contributed by atoms with van der Waals surface area (Å²) in [5.41, 5.74) is 2.94. The Kier molecular flexibility index (Phi) is 2.90. The van der Waals surface area contributed by atoms with Crippen molar-refractivity contribution in [1.82, 2.24) is 10.2 Å². The zero-order valence-electron chi connectivity index (χ0n) is 9.34. The summed E-state index contributed by atoms with van der Waals surface area (Å²) in [6, 6.07) is 6.43. The van der Waals surface area contributed by atoms with E-state index in [-0.39, 0.29) is 5.82 Å². The maximum absolute atomic E-state index is 12.8. The van der Waals surface area contributed by atoms with Crippen LogP contribution in [-0.4, -0.2) is 16.7 Å². The second kappa shape index (κ2) is 4.35. The number of H-pyrrole nitrogens is 1. The van der Waals surface area contributed by atoms with Gasteiger partial charge in [0.2, 0.25) is 0 Å². The highest BCUT2D eigenvalue weighted by molar-refractivity contribution is 5.77. The van der Waals surface area contributed by atoms with Crippen molar-refractivity contribution >= 4 is 5.82 Å². The van der Waals surface area contributed by atoms with E-state index in [0.717, 1.165) is 29.2 Å². The van der Waals surface area contributed by atoms with Crippen LogP contribution in [0.2, 0.25) is 0 Å². The summed E-state index contributed by atoms with van der Waals surface area (Å²) < 4.78 is 12.8. The van der Waals surface area contributed by atoms with Crippen LogP contribution < -0.4 is 5.32 Å². The number of nitrogens with one attached hydrogen (secondary N) is 2. The number of hydrogen-bond donors (Lipinski definition) is 2. The monoisotopic (exact) mass is 219 g/mol. The number of aromatic amines is 1. The fourth-order valence-electron chi connectivity index (χ4n) is 1.69. The maximum atomic E-state index is 12.8. The summed E-state index contributed by atoms with van der Waals surface area (Å²) in [6.45, 7) is 4.77. The minimum Gasteiger partial charge on any atom is -0.368 e. The van der Waals surface area contributed by atoms with Crippen molar-refractivity contribution in [1.29, 1.82) is 0 Å². The maximum Gasteiger partial charge on any atom is 0.155 e. The smallest absolute Gasteiger partial charge is 0.155 e. The SMILES string of the molecule is CCNc1n[nH]c(C)c1-c1ccc(F)cc1. The zero-order valence-corrected chi connectivity index (χ0v) is 9.34. The molecule has 0 unspecified atom stereocenters. The molecule has 0 amide bonds. The van der Waals surface area contributed by atoms with Crippen molar-refractivity contribution < 1.29 is 4.39 Å². The number of anilines is 1. The lowest BCUT2D eigenvalue weighted by Crippen LogP contribution is -1.98. The molecular weight excluding hydrogens is 205 g/mol. The van der Waals surface area contributed by atoms with Gasteiger partial charge in [-0.2, -0.15) is 5.10 Å². The van der Waals surface area contributed by atoms with E-state index >= 15 is 0 Å². The molecule has 0 bridgehead atoms. The predicted molar refractivity (Wildman–Crippen MR) is 62.9 cm³/mol. The molecule has 0 atom stereocenters. The van der Waals surface area contributed by atoms with Crippen LogP contribution >= 0.6 is 0 Å². The highest BCUT2D eigenvalue weighted by atomic mass is 19.1. The summed E-state index contributed by atoms with van der Waals surface area (Å²) in [6.07, 6.45) is 0. The Morgan fingerprint density at radius 3 is 2.62 bits per heavy atom. The fourth-order valence-corrected chi connectivity index (χ4v) is 1.69. The number of hydrogen-bond acceptors (Lipinski definition) is 2. The molecule has 1 aromatic heterocycles. The first kappa shape index (κ1) is 10.7. The molecule has 0 spiro atoms. The van der Waals surface area contributed by atoms with Crippen LogP contribution in [-0.2, 0) is 0 Å². The minimum atomic E-state index is -0.227. The van der Waals surface area contributed by atoms with Crippen LogP contribution in [0, 0.1) is 12.7 Å². The molecule has 2 aromatic rings. The third kappa shape index (κ3) is 1.91. The number of halogens is 1.